The molecule has 0 radical (unpaired) electrons. The first-order valence-corrected chi connectivity index (χ1v) is 10.4. The maximum absolute atomic E-state index is 12.4. The summed E-state index contributed by atoms with van der Waals surface area (Å²) in [5.74, 6) is 0. The molecule has 2 heterocycles. The van der Waals surface area contributed by atoms with Crippen LogP contribution in [0, 0.1) is 11.3 Å². The highest BCUT2D eigenvalue weighted by atomic mass is 16.6. The molecule has 1 fully saturated rings. The summed E-state index contributed by atoms with van der Waals surface area (Å²) in [4.78, 5) is 18.7. The predicted molar refractivity (Wildman–Crippen MR) is 117 cm³/mol. The first-order valence-electron chi connectivity index (χ1n) is 10.4. The quantitative estimate of drug-likeness (QED) is 0.629. The van der Waals surface area contributed by atoms with Gasteiger partial charge >= 0.3 is 6.09 Å². The standard InChI is InChI=1S/C24H26N4O3/c1-24(2,3)31-23(29)27-13-12-19(16-27)30-22-26-20-6-4-5-7-21(20)28(22)15-18-10-8-17(14-25)9-11-18/h4-11,19H,12-13,15-16H2,1-3H3/t19-/m0/s1. The topological polar surface area (TPSA) is 80.4 Å². The smallest absolute Gasteiger partial charge is 0.410 e. The van der Waals surface area contributed by atoms with E-state index in [4.69, 9.17) is 14.7 Å². The summed E-state index contributed by atoms with van der Waals surface area (Å²) in [6, 6.07) is 18.1. The van der Waals surface area contributed by atoms with Crippen molar-refractivity contribution >= 4 is 17.1 Å². The van der Waals surface area contributed by atoms with Gasteiger partial charge in [0, 0.05) is 13.0 Å². The number of ether oxygens (including phenoxy) is 2. The number of nitrogens with zero attached hydrogens (tertiary/aromatic N) is 4. The summed E-state index contributed by atoms with van der Waals surface area (Å²) >= 11 is 0. The lowest BCUT2D eigenvalue weighted by Gasteiger charge is -2.24. The SMILES string of the molecule is CC(C)(C)OC(=O)N1CC[C@H](Oc2nc3ccccc3n2Cc2ccc(C#N)cc2)C1. The summed E-state index contributed by atoms with van der Waals surface area (Å²) in [6.07, 6.45) is 0.257. The Labute approximate surface area is 181 Å². The Morgan fingerprint density at radius 2 is 1.94 bits per heavy atom. The number of hydrogen-bond acceptors (Lipinski definition) is 5. The third-order valence-electron chi connectivity index (χ3n) is 5.11. The highest BCUT2D eigenvalue weighted by Crippen LogP contribution is 2.26. The van der Waals surface area contributed by atoms with E-state index in [0.717, 1.165) is 23.0 Å². The molecule has 1 atom stereocenters. The highest BCUT2D eigenvalue weighted by molar-refractivity contribution is 5.76. The first kappa shape index (κ1) is 20.7. The van der Waals surface area contributed by atoms with Gasteiger partial charge in [-0.2, -0.15) is 10.2 Å². The van der Waals surface area contributed by atoms with Crippen LogP contribution in [-0.2, 0) is 11.3 Å². The fourth-order valence-electron chi connectivity index (χ4n) is 3.63. The maximum atomic E-state index is 12.4. The second kappa shape index (κ2) is 8.31. The number of rotatable bonds is 4. The molecule has 1 aromatic heterocycles. The molecule has 0 N–H and O–H groups in total. The van der Waals surface area contributed by atoms with E-state index in [2.05, 4.69) is 11.1 Å². The Kier molecular flexibility index (Phi) is 5.55. The molecule has 0 bridgehead atoms. The van der Waals surface area contributed by atoms with Crippen molar-refractivity contribution in [3.05, 3.63) is 59.7 Å². The number of aromatic nitrogens is 2. The van der Waals surface area contributed by atoms with Gasteiger partial charge in [-0.05, 0) is 50.6 Å². The van der Waals surface area contributed by atoms with Crippen molar-refractivity contribution in [1.82, 2.24) is 14.5 Å². The molecule has 1 amide bonds. The lowest BCUT2D eigenvalue weighted by Crippen LogP contribution is -2.36. The average molecular weight is 418 g/mol. The lowest BCUT2D eigenvalue weighted by molar-refractivity contribution is 0.0273. The van der Waals surface area contributed by atoms with Crippen LogP contribution in [0.2, 0.25) is 0 Å². The Bertz CT molecular complexity index is 1120. The number of fused-ring (bicyclic) bond motifs is 1. The van der Waals surface area contributed by atoms with Crippen LogP contribution in [0.15, 0.2) is 48.5 Å². The number of carbonyl (C=O) groups excluding carboxylic acids is 1. The third kappa shape index (κ3) is 4.80. The molecule has 31 heavy (non-hydrogen) atoms. The monoisotopic (exact) mass is 418 g/mol. The molecular formula is C24H26N4O3. The van der Waals surface area contributed by atoms with E-state index in [1.54, 1.807) is 4.90 Å². The molecule has 0 saturated carbocycles. The molecular weight excluding hydrogens is 392 g/mol. The summed E-state index contributed by atoms with van der Waals surface area (Å²) in [5, 5.41) is 9.03. The molecule has 3 aromatic rings. The molecule has 7 heteroatoms. The molecule has 1 saturated heterocycles. The normalized spacial score (nSPS) is 16.3. The van der Waals surface area contributed by atoms with Crippen LogP contribution >= 0.6 is 0 Å². The zero-order valence-electron chi connectivity index (χ0n) is 18.0. The van der Waals surface area contributed by atoms with Crippen LogP contribution in [0.3, 0.4) is 0 Å². The second-order valence-electron chi connectivity index (χ2n) is 8.73. The van der Waals surface area contributed by atoms with E-state index in [1.807, 2.05) is 73.9 Å². The summed E-state index contributed by atoms with van der Waals surface area (Å²) in [5.41, 5.74) is 2.99. The van der Waals surface area contributed by atoms with Gasteiger partial charge in [-0.3, -0.25) is 4.57 Å². The molecule has 1 aliphatic rings. The van der Waals surface area contributed by atoms with E-state index < -0.39 is 5.60 Å². The minimum atomic E-state index is -0.523. The van der Waals surface area contributed by atoms with Gasteiger partial charge in [-0.1, -0.05) is 24.3 Å². The van der Waals surface area contributed by atoms with Crippen LogP contribution < -0.4 is 4.74 Å². The predicted octanol–water partition coefficient (Wildman–Crippen LogP) is 4.34. The fraction of sp³-hybridized carbons (Fsp3) is 0.375. The molecule has 0 spiro atoms. The molecule has 0 unspecified atom stereocenters. The van der Waals surface area contributed by atoms with Gasteiger partial charge in [0.05, 0.1) is 35.8 Å². The van der Waals surface area contributed by atoms with Crippen molar-refractivity contribution in [3.63, 3.8) is 0 Å². The van der Waals surface area contributed by atoms with Gasteiger partial charge in [-0.25, -0.2) is 4.79 Å². The highest BCUT2D eigenvalue weighted by Gasteiger charge is 2.32. The average Bonchev–Trinajstić information content (AvgIpc) is 3.33. The Balaban J connectivity index is 1.53. The van der Waals surface area contributed by atoms with Gasteiger partial charge in [0.1, 0.15) is 11.7 Å². The van der Waals surface area contributed by atoms with E-state index in [-0.39, 0.29) is 12.2 Å². The number of carbonyl (C=O) groups is 1. The molecule has 2 aromatic carbocycles. The zero-order valence-corrected chi connectivity index (χ0v) is 18.0. The van der Waals surface area contributed by atoms with Crippen molar-refractivity contribution in [2.75, 3.05) is 13.1 Å². The maximum Gasteiger partial charge on any atom is 0.410 e. The van der Waals surface area contributed by atoms with E-state index in [1.165, 1.54) is 0 Å². The van der Waals surface area contributed by atoms with Crippen LogP contribution in [0.4, 0.5) is 4.79 Å². The van der Waals surface area contributed by atoms with Crippen molar-refractivity contribution in [1.29, 1.82) is 5.26 Å². The van der Waals surface area contributed by atoms with Gasteiger partial charge in [-0.15, -0.1) is 0 Å². The van der Waals surface area contributed by atoms with E-state index in [9.17, 15) is 4.79 Å². The van der Waals surface area contributed by atoms with E-state index >= 15 is 0 Å². The Morgan fingerprint density at radius 1 is 1.19 bits per heavy atom. The largest absolute Gasteiger partial charge is 0.459 e. The van der Waals surface area contributed by atoms with Gasteiger partial charge in [0.25, 0.3) is 6.01 Å². The van der Waals surface area contributed by atoms with Crippen molar-refractivity contribution < 1.29 is 14.3 Å². The van der Waals surface area contributed by atoms with Crippen LogP contribution in [0.1, 0.15) is 38.3 Å². The van der Waals surface area contributed by atoms with Gasteiger partial charge in [0.2, 0.25) is 0 Å². The zero-order chi connectivity index (χ0) is 22.0. The number of likely N-dealkylation sites (tertiary alicyclic amines) is 1. The summed E-state index contributed by atoms with van der Waals surface area (Å²) in [7, 11) is 0. The molecule has 4 rings (SSSR count). The van der Waals surface area contributed by atoms with Gasteiger partial charge < -0.3 is 14.4 Å². The molecule has 1 aliphatic heterocycles. The Hall–Kier alpha value is -3.53. The van der Waals surface area contributed by atoms with Crippen LogP contribution in [0.25, 0.3) is 11.0 Å². The van der Waals surface area contributed by atoms with Crippen molar-refractivity contribution in [2.24, 2.45) is 0 Å². The van der Waals surface area contributed by atoms with Crippen molar-refractivity contribution in [3.8, 4) is 12.1 Å². The van der Waals surface area contributed by atoms with E-state index in [0.29, 0.717) is 31.2 Å². The summed E-state index contributed by atoms with van der Waals surface area (Å²) in [6.45, 7) is 7.22. The number of para-hydroxylation sites is 2. The first-order chi connectivity index (χ1) is 14.8. The van der Waals surface area contributed by atoms with Crippen LogP contribution in [0.5, 0.6) is 6.01 Å². The fourth-order valence-corrected chi connectivity index (χ4v) is 3.63. The van der Waals surface area contributed by atoms with Crippen LogP contribution in [-0.4, -0.2) is 45.3 Å². The van der Waals surface area contributed by atoms with Gasteiger partial charge in [0.15, 0.2) is 0 Å². The molecule has 160 valence electrons. The minimum absolute atomic E-state index is 0.149. The number of amides is 1. The number of imidazole rings is 1. The molecule has 7 nitrogen and oxygen atoms in total. The number of benzene rings is 2. The third-order valence-corrected chi connectivity index (χ3v) is 5.11. The minimum Gasteiger partial charge on any atom is -0.459 e. The Morgan fingerprint density at radius 3 is 2.65 bits per heavy atom. The number of nitriles is 1. The second-order valence-corrected chi connectivity index (χ2v) is 8.73. The van der Waals surface area contributed by atoms with Crippen molar-refractivity contribution in [2.45, 2.75) is 45.4 Å². The molecule has 0 aliphatic carbocycles. The summed E-state index contributed by atoms with van der Waals surface area (Å²) < 4.78 is 13.8. The lowest BCUT2D eigenvalue weighted by atomic mass is 10.1. The number of hydrogen-bond donors (Lipinski definition) is 0.